The van der Waals surface area contributed by atoms with Gasteiger partial charge in [-0.15, -0.1) is 0 Å². The van der Waals surface area contributed by atoms with E-state index in [1.807, 2.05) is 44.2 Å². The standard InChI is InChI=1S/C22H27N3O4/c1-16(2)23-22(29)24-19-12-10-18(11-13-19)21(28)25(14-6-9-20(26)27)15-17-7-4-3-5-8-17/h3-5,7-8,10-13,16H,6,9,14-15H2,1-2H3,(H,26,27)(H2,23,24,29). The molecule has 0 saturated carbocycles. The van der Waals surface area contributed by atoms with Gasteiger partial charge < -0.3 is 20.6 Å². The maximum Gasteiger partial charge on any atom is 0.319 e. The highest BCUT2D eigenvalue weighted by molar-refractivity contribution is 5.95. The fourth-order valence-corrected chi connectivity index (χ4v) is 2.79. The number of rotatable bonds is 9. The van der Waals surface area contributed by atoms with Crippen LogP contribution in [0.25, 0.3) is 0 Å². The number of hydrogen-bond donors (Lipinski definition) is 3. The number of carboxylic acid groups (broad SMARTS) is 1. The number of carboxylic acids is 1. The van der Waals surface area contributed by atoms with E-state index >= 15 is 0 Å². The minimum absolute atomic E-state index is 0.00634. The molecule has 3 N–H and O–H groups in total. The Balaban J connectivity index is 2.08. The first-order valence-corrected chi connectivity index (χ1v) is 9.57. The second-order valence-corrected chi connectivity index (χ2v) is 7.04. The zero-order valence-corrected chi connectivity index (χ0v) is 16.7. The topological polar surface area (TPSA) is 98.7 Å². The number of carbonyl (C=O) groups excluding carboxylic acids is 2. The summed E-state index contributed by atoms with van der Waals surface area (Å²) in [6.45, 7) is 4.48. The van der Waals surface area contributed by atoms with Crippen LogP contribution in [0.3, 0.4) is 0 Å². The fourth-order valence-electron chi connectivity index (χ4n) is 2.79. The number of nitrogens with zero attached hydrogens (tertiary/aromatic N) is 1. The highest BCUT2D eigenvalue weighted by Crippen LogP contribution is 2.15. The molecule has 2 aromatic rings. The predicted octanol–water partition coefficient (Wildman–Crippen LogP) is 3.72. The van der Waals surface area contributed by atoms with Gasteiger partial charge in [-0.2, -0.15) is 0 Å². The van der Waals surface area contributed by atoms with Gasteiger partial charge in [0.05, 0.1) is 0 Å². The number of hydrogen-bond acceptors (Lipinski definition) is 3. The summed E-state index contributed by atoms with van der Waals surface area (Å²) < 4.78 is 0. The molecular weight excluding hydrogens is 370 g/mol. The molecule has 0 spiro atoms. The van der Waals surface area contributed by atoms with E-state index in [9.17, 15) is 14.4 Å². The third-order valence-corrected chi connectivity index (χ3v) is 4.13. The van der Waals surface area contributed by atoms with Crippen LogP contribution < -0.4 is 10.6 Å². The zero-order valence-electron chi connectivity index (χ0n) is 16.7. The van der Waals surface area contributed by atoms with Crippen LogP contribution >= 0.6 is 0 Å². The largest absolute Gasteiger partial charge is 0.481 e. The Morgan fingerprint density at radius 2 is 1.66 bits per heavy atom. The van der Waals surface area contributed by atoms with E-state index in [0.717, 1.165) is 5.56 Å². The molecule has 154 valence electrons. The highest BCUT2D eigenvalue weighted by atomic mass is 16.4. The molecular formula is C22H27N3O4. The molecule has 0 fully saturated rings. The molecule has 0 radical (unpaired) electrons. The molecule has 2 aromatic carbocycles. The van der Waals surface area contributed by atoms with E-state index in [1.165, 1.54) is 0 Å². The summed E-state index contributed by atoms with van der Waals surface area (Å²) in [6.07, 6.45) is 0.384. The summed E-state index contributed by atoms with van der Waals surface area (Å²) in [5, 5.41) is 14.3. The molecule has 0 aliphatic carbocycles. The predicted molar refractivity (Wildman–Crippen MR) is 112 cm³/mol. The van der Waals surface area contributed by atoms with Gasteiger partial charge in [0.15, 0.2) is 0 Å². The van der Waals surface area contributed by atoms with Crippen LogP contribution in [0.2, 0.25) is 0 Å². The summed E-state index contributed by atoms with van der Waals surface area (Å²) in [5.41, 5.74) is 2.03. The molecule has 0 heterocycles. The van der Waals surface area contributed by atoms with Gasteiger partial charge in [0.1, 0.15) is 0 Å². The summed E-state index contributed by atoms with van der Waals surface area (Å²) in [4.78, 5) is 37.2. The van der Waals surface area contributed by atoms with Gasteiger partial charge in [-0.25, -0.2) is 4.79 Å². The number of benzene rings is 2. The number of urea groups is 1. The minimum atomic E-state index is -0.882. The van der Waals surface area contributed by atoms with E-state index in [1.54, 1.807) is 29.2 Å². The lowest BCUT2D eigenvalue weighted by Gasteiger charge is -2.23. The molecule has 0 bridgehead atoms. The number of aliphatic carboxylic acids is 1. The minimum Gasteiger partial charge on any atom is -0.481 e. The zero-order chi connectivity index (χ0) is 21.2. The molecule has 2 rings (SSSR count). The molecule has 3 amide bonds. The Morgan fingerprint density at radius 3 is 2.24 bits per heavy atom. The van der Waals surface area contributed by atoms with Crippen molar-refractivity contribution in [3.8, 4) is 0 Å². The molecule has 0 saturated heterocycles. The molecule has 7 nitrogen and oxygen atoms in total. The Labute approximate surface area is 170 Å². The van der Waals surface area contributed by atoms with Crippen LogP contribution in [-0.4, -0.2) is 40.5 Å². The van der Waals surface area contributed by atoms with Crippen molar-refractivity contribution >= 4 is 23.6 Å². The van der Waals surface area contributed by atoms with E-state index in [2.05, 4.69) is 10.6 Å². The monoisotopic (exact) mass is 397 g/mol. The molecule has 0 aliphatic rings. The van der Waals surface area contributed by atoms with Crippen LogP contribution in [0.5, 0.6) is 0 Å². The van der Waals surface area contributed by atoms with E-state index in [-0.39, 0.29) is 24.4 Å². The van der Waals surface area contributed by atoms with Gasteiger partial charge in [0.2, 0.25) is 0 Å². The summed E-state index contributed by atoms with van der Waals surface area (Å²) >= 11 is 0. The third-order valence-electron chi connectivity index (χ3n) is 4.13. The third kappa shape index (κ3) is 7.65. The lowest BCUT2D eigenvalue weighted by molar-refractivity contribution is -0.137. The first-order valence-electron chi connectivity index (χ1n) is 9.57. The normalized spacial score (nSPS) is 10.4. The van der Waals surface area contributed by atoms with Crippen molar-refractivity contribution in [1.29, 1.82) is 0 Å². The lowest BCUT2D eigenvalue weighted by atomic mass is 10.1. The molecule has 0 unspecified atom stereocenters. The summed E-state index contributed by atoms with van der Waals surface area (Å²) in [6, 6.07) is 15.9. The van der Waals surface area contributed by atoms with Crippen molar-refractivity contribution in [2.75, 3.05) is 11.9 Å². The molecule has 7 heteroatoms. The van der Waals surface area contributed by atoms with Crippen molar-refractivity contribution in [3.63, 3.8) is 0 Å². The molecule has 0 atom stereocenters. The van der Waals surface area contributed by atoms with E-state index < -0.39 is 5.97 Å². The number of anilines is 1. The van der Waals surface area contributed by atoms with Gasteiger partial charge in [-0.05, 0) is 50.1 Å². The van der Waals surface area contributed by atoms with Crippen LogP contribution in [-0.2, 0) is 11.3 Å². The second-order valence-electron chi connectivity index (χ2n) is 7.04. The number of amides is 3. The van der Waals surface area contributed by atoms with E-state index in [0.29, 0.717) is 30.8 Å². The van der Waals surface area contributed by atoms with Crippen molar-refractivity contribution in [1.82, 2.24) is 10.2 Å². The average Bonchev–Trinajstić information content (AvgIpc) is 2.67. The smallest absolute Gasteiger partial charge is 0.319 e. The Hall–Kier alpha value is -3.35. The number of carbonyl (C=O) groups is 3. The van der Waals surface area contributed by atoms with Crippen LogP contribution in [0.1, 0.15) is 42.6 Å². The van der Waals surface area contributed by atoms with Gasteiger partial charge in [-0.3, -0.25) is 9.59 Å². The Bertz CT molecular complexity index is 820. The summed E-state index contributed by atoms with van der Waals surface area (Å²) in [5.74, 6) is -1.07. The van der Waals surface area contributed by atoms with Crippen LogP contribution in [0.4, 0.5) is 10.5 Å². The highest BCUT2D eigenvalue weighted by Gasteiger charge is 2.17. The molecule has 29 heavy (non-hydrogen) atoms. The first kappa shape index (κ1) is 21.9. The lowest BCUT2D eigenvalue weighted by Crippen LogP contribution is -2.34. The molecule has 0 aliphatic heterocycles. The number of nitrogens with one attached hydrogen (secondary N) is 2. The Kier molecular flexibility index (Phi) is 8.21. The fraction of sp³-hybridized carbons (Fsp3) is 0.318. The van der Waals surface area contributed by atoms with Crippen molar-refractivity contribution in [2.45, 2.75) is 39.3 Å². The van der Waals surface area contributed by atoms with Gasteiger partial charge in [0.25, 0.3) is 5.91 Å². The van der Waals surface area contributed by atoms with Gasteiger partial charge >= 0.3 is 12.0 Å². The van der Waals surface area contributed by atoms with Gasteiger partial charge in [0, 0.05) is 36.8 Å². The maximum absolute atomic E-state index is 13.0. The first-order chi connectivity index (χ1) is 13.8. The summed E-state index contributed by atoms with van der Waals surface area (Å²) in [7, 11) is 0. The average molecular weight is 397 g/mol. The SMILES string of the molecule is CC(C)NC(=O)Nc1ccc(C(=O)N(CCCC(=O)O)Cc2ccccc2)cc1. The molecule has 0 aromatic heterocycles. The van der Waals surface area contributed by atoms with Crippen molar-refractivity contribution < 1.29 is 19.5 Å². The van der Waals surface area contributed by atoms with Crippen LogP contribution in [0.15, 0.2) is 54.6 Å². The van der Waals surface area contributed by atoms with Crippen molar-refractivity contribution in [2.24, 2.45) is 0 Å². The van der Waals surface area contributed by atoms with Crippen LogP contribution in [0, 0.1) is 0 Å². The Morgan fingerprint density at radius 1 is 1.00 bits per heavy atom. The van der Waals surface area contributed by atoms with Crippen molar-refractivity contribution in [3.05, 3.63) is 65.7 Å². The second kappa shape index (κ2) is 10.8. The quantitative estimate of drug-likeness (QED) is 0.600. The maximum atomic E-state index is 13.0. The van der Waals surface area contributed by atoms with E-state index in [4.69, 9.17) is 5.11 Å². The van der Waals surface area contributed by atoms with Gasteiger partial charge in [-0.1, -0.05) is 30.3 Å².